The number of ether oxygens (including phenoxy) is 2. The Labute approximate surface area is 228 Å². The number of hydrogen-bond donors (Lipinski definition) is 4. The summed E-state index contributed by atoms with van der Waals surface area (Å²) < 4.78 is 11.1. The number of rotatable bonds is 6. The van der Waals surface area contributed by atoms with Crippen molar-refractivity contribution in [2.75, 3.05) is 26.3 Å². The van der Waals surface area contributed by atoms with Crippen molar-refractivity contribution < 1.29 is 29.6 Å². The fraction of sp³-hybridized carbons (Fsp3) is 0.321. The highest BCUT2D eigenvalue weighted by Gasteiger charge is 2.37. The van der Waals surface area contributed by atoms with Crippen molar-refractivity contribution in [1.82, 2.24) is 19.9 Å². The van der Waals surface area contributed by atoms with Gasteiger partial charge in [-0.25, -0.2) is 4.98 Å². The molecule has 2 aromatic carbocycles. The van der Waals surface area contributed by atoms with E-state index in [1.54, 1.807) is 23.1 Å². The topological polar surface area (TPSA) is 141 Å². The zero-order valence-electron chi connectivity index (χ0n) is 20.8. The lowest BCUT2D eigenvalue weighted by molar-refractivity contribution is -0.00390. The van der Waals surface area contributed by atoms with Gasteiger partial charge in [0.05, 0.1) is 35.6 Å². The summed E-state index contributed by atoms with van der Waals surface area (Å²) in [4.78, 5) is 26.3. The molecule has 0 aliphatic carbocycles. The molecule has 4 atom stereocenters. The van der Waals surface area contributed by atoms with Crippen LogP contribution in [0.3, 0.4) is 0 Å². The molecule has 0 saturated carbocycles. The van der Waals surface area contributed by atoms with Gasteiger partial charge in [-0.15, -0.1) is 0 Å². The maximum Gasteiger partial charge on any atom is 0.296 e. The average molecular weight is 551 g/mol. The Morgan fingerprint density at radius 1 is 1.08 bits per heavy atom. The molecule has 4 N–H and O–H groups in total. The maximum absolute atomic E-state index is 12.6. The molecule has 2 saturated heterocycles. The molecule has 4 aromatic rings. The highest BCUT2D eigenvalue weighted by atomic mass is 35.5. The Morgan fingerprint density at radius 3 is 2.41 bits per heavy atom. The van der Waals surface area contributed by atoms with Crippen LogP contribution in [0.25, 0.3) is 33.5 Å². The normalized spacial score (nSPS) is 23.0. The number of carbonyl (C=O) groups is 1. The van der Waals surface area contributed by atoms with Gasteiger partial charge in [-0.3, -0.25) is 4.79 Å². The lowest BCUT2D eigenvalue weighted by atomic mass is 10.0. The lowest BCUT2D eigenvalue weighted by Crippen LogP contribution is -2.36. The third-order valence-electron chi connectivity index (χ3n) is 7.16. The van der Waals surface area contributed by atoms with Gasteiger partial charge in [0.25, 0.3) is 11.9 Å². The number of nitrogens with zero attached hydrogens (tertiary/aromatic N) is 3. The molecule has 6 rings (SSSR count). The number of amides is 1. The molecule has 2 aromatic heterocycles. The number of β-amino-alcohol motifs (C(OH)–C–C–N with tert-alkyl or cyclic N) is 1. The smallest absolute Gasteiger partial charge is 0.296 e. The van der Waals surface area contributed by atoms with Gasteiger partial charge in [0.1, 0.15) is 12.2 Å². The van der Waals surface area contributed by atoms with Gasteiger partial charge in [0.15, 0.2) is 11.8 Å². The van der Waals surface area contributed by atoms with Crippen LogP contribution in [0.5, 0.6) is 6.01 Å². The Hall–Kier alpha value is -3.54. The summed E-state index contributed by atoms with van der Waals surface area (Å²) in [5.41, 5.74) is 4.89. The zero-order chi connectivity index (χ0) is 27.1. The Balaban J connectivity index is 1.18. The third-order valence-corrected chi connectivity index (χ3v) is 7.45. The van der Waals surface area contributed by atoms with Crippen LogP contribution in [0, 0.1) is 0 Å². The number of likely N-dealkylation sites (tertiary alicyclic amines) is 1. The van der Waals surface area contributed by atoms with E-state index in [2.05, 4.69) is 15.0 Å². The lowest BCUT2D eigenvalue weighted by Gasteiger charge is -2.15. The van der Waals surface area contributed by atoms with Gasteiger partial charge >= 0.3 is 0 Å². The van der Waals surface area contributed by atoms with E-state index >= 15 is 0 Å². The van der Waals surface area contributed by atoms with Crippen LogP contribution in [-0.4, -0.2) is 91.8 Å². The molecule has 11 heteroatoms. The summed E-state index contributed by atoms with van der Waals surface area (Å²) in [5.74, 6) is -0.0708. The summed E-state index contributed by atoms with van der Waals surface area (Å²) in [6.07, 6.45) is -2.15. The monoisotopic (exact) mass is 550 g/mol. The van der Waals surface area contributed by atoms with Crippen LogP contribution in [0.1, 0.15) is 16.8 Å². The molecule has 0 bridgehead atoms. The average Bonchev–Trinajstić information content (AvgIpc) is 3.66. The first-order valence-electron chi connectivity index (χ1n) is 12.7. The summed E-state index contributed by atoms with van der Waals surface area (Å²) in [5, 5.41) is 29.6. The molecular weight excluding hydrogens is 524 g/mol. The zero-order valence-corrected chi connectivity index (χ0v) is 21.6. The molecule has 10 nitrogen and oxygen atoms in total. The van der Waals surface area contributed by atoms with Crippen molar-refractivity contribution in [1.29, 1.82) is 0 Å². The van der Waals surface area contributed by atoms with Crippen molar-refractivity contribution in [2.24, 2.45) is 0 Å². The molecule has 202 valence electrons. The number of aromatic amines is 1. The van der Waals surface area contributed by atoms with E-state index in [1.807, 2.05) is 36.4 Å². The highest BCUT2D eigenvalue weighted by molar-refractivity contribution is 6.33. The number of aliphatic hydroxyl groups is 3. The number of imidazole rings is 1. The SMILES string of the molecule is O=C(c1ccc(-c2ccc(-c3nc4nc(O[C@@H]5CO[C@H](CO)[C@H]5O)[nH]c4cc3Cl)cc2)cc1)N1CC[C@@H](O)C1. The second-order valence-electron chi connectivity index (χ2n) is 9.78. The molecule has 39 heavy (non-hydrogen) atoms. The number of aliphatic hydroxyl groups excluding tert-OH is 3. The summed E-state index contributed by atoms with van der Waals surface area (Å²) >= 11 is 6.55. The predicted molar refractivity (Wildman–Crippen MR) is 144 cm³/mol. The summed E-state index contributed by atoms with van der Waals surface area (Å²) in [6, 6.07) is 17.1. The first-order chi connectivity index (χ1) is 18.9. The second kappa shape index (κ2) is 10.6. The molecule has 0 radical (unpaired) electrons. The molecule has 1 amide bonds. The molecule has 0 spiro atoms. The van der Waals surface area contributed by atoms with Crippen molar-refractivity contribution in [3.63, 3.8) is 0 Å². The number of nitrogens with one attached hydrogen (secondary N) is 1. The fourth-order valence-electron chi connectivity index (χ4n) is 4.95. The van der Waals surface area contributed by atoms with Crippen LogP contribution in [0.4, 0.5) is 0 Å². The van der Waals surface area contributed by atoms with E-state index in [-0.39, 0.29) is 25.1 Å². The van der Waals surface area contributed by atoms with Gasteiger partial charge < -0.3 is 34.7 Å². The van der Waals surface area contributed by atoms with E-state index in [1.165, 1.54) is 0 Å². The number of fused-ring (bicyclic) bond motifs is 1. The number of aromatic nitrogens is 3. The van der Waals surface area contributed by atoms with E-state index < -0.39 is 24.4 Å². The summed E-state index contributed by atoms with van der Waals surface area (Å²) in [7, 11) is 0. The first-order valence-corrected chi connectivity index (χ1v) is 13.1. The quantitative estimate of drug-likeness (QED) is 0.287. The number of pyridine rings is 1. The maximum atomic E-state index is 12.6. The number of hydrogen-bond acceptors (Lipinski definition) is 8. The standard InChI is InChI=1S/C28H27ClN4O6/c29-20-11-21-26(32-28(30-21)39-23-14-38-22(13-34)25(23)36)31-24(20)17-5-1-15(2-6-17)16-3-7-18(8-4-16)27(37)33-10-9-19(35)12-33/h1-8,11,19,22-23,25,34-36H,9-10,12-14H2,(H,30,31,32)/t19-,22-,23-,25-/m1/s1. The van der Waals surface area contributed by atoms with Gasteiger partial charge in [0.2, 0.25) is 0 Å². The van der Waals surface area contributed by atoms with Gasteiger partial charge in [-0.2, -0.15) is 4.98 Å². The number of H-pyrrole nitrogens is 1. The number of carbonyl (C=O) groups excluding carboxylic acids is 1. The minimum atomic E-state index is -0.968. The van der Waals surface area contributed by atoms with Crippen molar-refractivity contribution >= 4 is 28.7 Å². The number of halogens is 1. The Bertz CT molecular complexity index is 1490. The van der Waals surface area contributed by atoms with Gasteiger partial charge in [-0.1, -0.05) is 48.0 Å². The molecule has 4 heterocycles. The van der Waals surface area contributed by atoms with E-state index in [0.29, 0.717) is 47.0 Å². The predicted octanol–water partition coefficient (Wildman–Crippen LogP) is 2.65. The Morgan fingerprint density at radius 2 is 1.77 bits per heavy atom. The minimum Gasteiger partial charge on any atom is -0.456 e. The Kier molecular flexibility index (Phi) is 6.96. The van der Waals surface area contributed by atoms with E-state index in [0.717, 1.165) is 16.7 Å². The fourth-order valence-corrected chi connectivity index (χ4v) is 5.21. The first kappa shape index (κ1) is 25.7. The third kappa shape index (κ3) is 5.09. The van der Waals surface area contributed by atoms with Crippen molar-refractivity contribution in [3.05, 3.63) is 65.2 Å². The minimum absolute atomic E-state index is 0.0708. The van der Waals surface area contributed by atoms with Crippen LogP contribution in [-0.2, 0) is 4.74 Å². The van der Waals surface area contributed by atoms with Gasteiger partial charge in [-0.05, 0) is 35.7 Å². The van der Waals surface area contributed by atoms with Crippen molar-refractivity contribution in [3.8, 4) is 28.4 Å². The van der Waals surface area contributed by atoms with Crippen molar-refractivity contribution in [2.45, 2.75) is 30.8 Å². The molecule has 0 unspecified atom stereocenters. The van der Waals surface area contributed by atoms with E-state index in [4.69, 9.17) is 21.1 Å². The molecule has 2 aliphatic heterocycles. The second-order valence-corrected chi connectivity index (χ2v) is 10.2. The van der Waals surface area contributed by atoms with E-state index in [9.17, 15) is 20.1 Å². The highest BCUT2D eigenvalue weighted by Crippen LogP contribution is 2.32. The van der Waals surface area contributed by atoms with Crippen LogP contribution in [0.2, 0.25) is 5.02 Å². The largest absolute Gasteiger partial charge is 0.456 e. The van der Waals surface area contributed by atoms with Crippen LogP contribution < -0.4 is 4.74 Å². The molecular formula is C28H27ClN4O6. The molecule has 2 fully saturated rings. The summed E-state index contributed by atoms with van der Waals surface area (Å²) in [6.45, 7) is 0.787. The van der Waals surface area contributed by atoms with Crippen LogP contribution in [0.15, 0.2) is 54.6 Å². The van der Waals surface area contributed by atoms with Gasteiger partial charge in [0, 0.05) is 24.2 Å². The number of benzene rings is 2. The van der Waals surface area contributed by atoms with Crippen LogP contribution >= 0.6 is 11.6 Å². The molecule has 2 aliphatic rings.